The minimum Gasteiger partial charge on any atom is -0.384 e. The van der Waals surface area contributed by atoms with Crippen LogP contribution in [0, 0.1) is 6.92 Å². The van der Waals surface area contributed by atoms with Gasteiger partial charge in [-0.25, -0.2) is 0 Å². The molecule has 1 heterocycles. The zero-order valence-corrected chi connectivity index (χ0v) is 10.1. The summed E-state index contributed by atoms with van der Waals surface area (Å²) in [6, 6.07) is 12.5. The van der Waals surface area contributed by atoms with Gasteiger partial charge < -0.3 is 5.11 Å². The lowest BCUT2D eigenvalue weighted by Crippen LogP contribution is -2.24. The molecule has 0 spiro atoms. The van der Waals surface area contributed by atoms with E-state index in [0.29, 0.717) is 0 Å². The van der Waals surface area contributed by atoms with Gasteiger partial charge in [-0.3, -0.25) is 0 Å². The molecule has 0 amide bonds. The Hall–Kier alpha value is -1.12. The van der Waals surface area contributed by atoms with Crippen LogP contribution >= 0.6 is 11.3 Å². The van der Waals surface area contributed by atoms with E-state index >= 15 is 0 Å². The summed E-state index contributed by atoms with van der Waals surface area (Å²) in [6.07, 6.45) is 1.51. The first-order chi connectivity index (χ1) is 7.67. The van der Waals surface area contributed by atoms with E-state index in [4.69, 9.17) is 0 Å². The highest BCUT2D eigenvalue weighted by atomic mass is 32.1. The van der Waals surface area contributed by atoms with Crippen molar-refractivity contribution in [1.82, 2.24) is 0 Å². The summed E-state index contributed by atoms with van der Waals surface area (Å²) in [5.41, 5.74) is 1.91. The van der Waals surface area contributed by atoms with Gasteiger partial charge in [0.1, 0.15) is 5.60 Å². The van der Waals surface area contributed by atoms with Crippen LogP contribution in [0.3, 0.4) is 0 Å². The Balaban J connectivity index is 2.00. The van der Waals surface area contributed by atoms with Gasteiger partial charge in [0, 0.05) is 22.6 Å². The molecule has 0 atom stereocenters. The highest BCUT2D eigenvalue weighted by Gasteiger charge is 2.37. The first-order valence-electron chi connectivity index (χ1n) is 5.53. The van der Waals surface area contributed by atoms with Gasteiger partial charge in [-0.05, 0) is 30.2 Å². The summed E-state index contributed by atoms with van der Waals surface area (Å²) in [5, 5.41) is 10.7. The average Bonchev–Trinajstić information content (AvgIpc) is 2.81. The molecule has 2 aromatic rings. The number of rotatable bonds is 1. The second-order valence-electron chi connectivity index (χ2n) is 4.56. The molecule has 0 saturated carbocycles. The van der Waals surface area contributed by atoms with E-state index in [1.807, 2.05) is 12.1 Å². The molecular formula is C14H14OS. The number of thiophene rings is 1. The quantitative estimate of drug-likeness (QED) is 0.798. The number of fused-ring (bicyclic) bond motifs is 1. The highest BCUT2D eigenvalue weighted by Crippen LogP contribution is 2.40. The molecule has 1 N–H and O–H groups in total. The van der Waals surface area contributed by atoms with Crippen molar-refractivity contribution >= 4 is 11.3 Å². The summed E-state index contributed by atoms with van der Waals surface area (Å²) in [7, 11) is 0. The maximum atomic E-state index is 10.7. The molecule has 0 bridgehead atoms. The molecule has 0 radical (unpaired) electrons. The van der Waals surface area contributed by atoms with Crippen LogP contribution in [0.25, 0.3) is 0 Å². The molecular weight excluding hydrogens is 216 g/mol. The Morgan fingerprint density at radius 3 is 2.19 bits per heavy atom. The molecule has 0 fully saturated rings. The van der Waals surface area contributed by atoms with E-state index in [2.05, 4.69) is 31.2 Å². The van der Waals surface area contributed by atoms with Crippen LogP contribution in [-0.2, 0) is 18.4 Å². The van der Waals surface area contributed by atoms with Crippen molar-refractivity contribution in [2.75, 3.05) is 0 Å². The number of aliphatic hydroxyl groups is 1. The minimum absolute atomic E-state index is 0.664. The third-order valence-corrected chi connectivity index (χ3v) is 4.48. The molecule has 0 unspecified atom stereocenters. The molecule has 1 aliphatic carbocycles. The third kappa shape index (κ3) is 1.49. The standard InChI is InChI=1S/C14H14OS/c1-10-6-7-13(16-10)14(15)8-11-4-2-3-5-12(11)9-14/h2-7,15H,8-9H2,1H3. The molecule has 1 aliphatic rings. The first-order valence-corrected chi connectivity index (χ1v) is 6.35. The maximum absolute atomic E-state index is 10.7. The second-order valence-corrected chi connectivity index (χ2v) is 5.85. The van der Waals surface area contributed by atoms with E-state index < -0.39 is 5.60 Å². The van der Waals surface area contributed by atoms with E-state index in [9.17, 15) is 5.11 Å². The number of benzene rings is 1. The van der Waals surface area contributed by atoms with Crippen molar-refractivity contribution in [2.45, 2.75) is 25.4 Å². The predicted octanol–water partition coefficient (Wildman–Crippen LogP) is 3.04. The van der Waals surface area contributed by atoms with Crippen LogP contribution in [0.2, 0.25) is 0 Å². The largest absolute Gasteiger partial charge is 0.384 e. The molecule has 1 aromatic heterocycles. The van der Waals surface area contributed by atoms with Crippen molar-refractivity contribution in [3.63, 3.8) is 0 Å². The SMILES string of the molecule is Cc1ccc(C2(O)Cc3ccccc3C2)s1. The Labute approximate surface area is 99.4 Å². The normalized spacial score (nSPS) is 17.4. The van der Waals surface area contributed by atoms with E-state index in [1.54, 1.807) is 11.3 Å². The summed E-state index contributed by atoms with van der Waals surface area (Å²) in [4.78, 5) is 2.36. The number of aryl methyl sites for hydroxylation is 1. The minimum atomic E-state index is -0.664. The summed E-state index contributed by atoms with van der Waals surface area (Å²) in [5.74, 6) is 0. The lowest BCUT2D eigenvalue weighted by molar-refractivity contribution is 0.0521. The molecule has 3 rings (SSSR count). The van der Waals surface area contributed by atoms with Crippen molar-refractivity contribution < 1.29 is 5.11 Å². The second kappa shape index (κ2) is 3.44. The highest BCUT2D eigenvalue weighted by molar-refractivity contribution is 7.12. The number of hydrogen-bond donors (Lipinski definition) is 1. The van der Waals surface area contributed by atoms with Crippen molar-refractivity contribution in [2.24, 2.45) is 0 Å². The van der Waals surface area contributed by atoms with Crippen LogP contribution in [-0.4, -0.2) is 5.11 Å². The zero-order valence-electron chi connectivity index (χ0n) is 9.23. The number of hydrogen-bond acceptors (Lipinski definition) is 2. The molecule has 1 aromatic carbocycles. The summed E-state index contributed by atoms with van der Waals surface area (Å²) >= 11 is 1.70. The first kappa shape index (κ1) is 10.1. The van der Waals surface area contributed by atoms with Gasteiger partial charge in [0.05, 0.1) is 0 Å². The van der Waals surface area contributed by atoms with Crippen molar-refractivity contribution in [3.05, 3.63) is 57.3 Å². The van der Waals surface area contributed by atoms with Crippen molar-refractivity contribution in [1.29, 1.82) is 0 Å². The lowest BCUT2D eigenvalue weighted by atomic mass is 9.98. The fourth-order valence-corrected chi connectivity index (χ4v) is 3.41. The van der Waals surface area contributed by atoms with Gasteiger partial charge in [-0.2, -0.15) is 0 Å². The molecule has 1 nitrogen and oxygen atoms in total. The van der Waals surface area contributed by atoms with Crippen molar-refractivity contribution in [3.8, 4) is 0 Å². The van der Waals surface area contributed by atoms with E-state index in [1.165, 1.54) is 16.0 Å². The Morgan fingerprint density at radius 1 is 1.06 bits per heavy atom. The molecule has 82 valence electrons. The molecule has 0 saturated heterocycles. The lowest BCUT2D eigenvalue weighted by Gasteiger charge is -2.20. The Kier molecular flexibility index (Phi) is 2.16. The average molecular weight is 230 g/mol. The molecule has 0 aliphatic heterocycles. The van der Waals surface area contributed by atoms with Gasteiger partial charge in [0.25, 0.3) is 0 Å². The van der Waals surface area contributed by atoms with Gasteiger partial charge in [0.2, 0.25) is 0 Å². The fraction of sp³-hybridized carbons (Fsp3) is 0.286. The Morgan fingerprint density at radius 2 is 1.69 bits per heavy atom. The smallest absolute Gasteiger partial charge is 0.107 e. The van der Waals surface area contributed by atoms with E-state index in [0.717, 1.165) is 17.7 Å². The molecule has 2 heteroatoms. The predicted molar refractivity (Wildman–Crippen MR) is 66.8 cm³/mol. The van der Waals surface area contributed by atoms with Crippen LogP contribution in [0.4, 0.5) is 0 Å². The van der Waals surface area contributed by atoms with Crippen LogP contribution in [0.5, 0.6) is 0 Å². The summed E-state index contributed by atoms with van der Waals surface area (Å²) < 4.78 is 0. The topological polar surface area (TPSA) is 20.2 Å². The van der Waals surface area contributed by atoms with Gasteiger partial charge in [-0.1, -0.05) is 24.3 Å². The monoisotopic (exact) mass is 230 g/mol. The van der Waals surface area contributed by atoms with Gasteiger partial charge in [0.15, 0.2) is 0 Å². The third-order valence-electron chi connectivity index (χ3n) is 3.28. The van der Waals surface area contributed by atoms with Gasteiger partial charge in [-0.15, -0.1) is 11.3 Å². The summed E-state index contributed by atoms with van der Waals surface area (Å²) in [6.45, 7) is 2.08. The van der Waals surface area contributed by atoms with Crippen LogP contribution in [0.1, 0.15) is 20.9 Å². The van der Waals surface area contributed by atoms with Gasteiger partial charge >= 0.3 is 0 Å². The molecule has 16 heavy (non-hydrogen) atoms. The van der Waals surface area contributed by atoms with Crippen LogP contribution in [0.15, 0.2) is 36.4 Å². The van der Waals surface area contributed by atoms with E-state index in [-0.39, 0.29) is 0 Å². The fourth-order valence-electron chi connectivity index (χ4n) is 2.45. The van der Waals surface area contributed by atoms with Crippen LogP contribution < -0.4 is 0 Å². The zero-order chi connectivity index (χ0) is 11.2. The Bertz CT molecular complexity index is 502. The maximum Gasteiger partial charge on any atom is 0.107 e.